The van der Waals surface area contributed by atoms with Gasteiger partial charge in [0, 0.05) is 48.6 Å². The van der Waals surface area contributed by atoms with Crippen LogP contribution in [0.25, 0.3) is 0 Å². The minimum absolute atomic E-state index is 0.0190. The Morgan fingerprint density at radius 1 is 1.00 bits per heavy atom. The smallest absolute Gasteiger partial charge is 0.410 e. The number of rotatable bonds is 5. The summed E-state index contributed by atoms with van der Waals surface area (Å²) in [5.41, 5.74) is 1.05. The predicted octanol–water partition coefficient (Wildman–Crippen LogP) is 6.96. The summed E-state index contributed by atoms with van der Waals surface area (Å²) in [6, 6.07) is 8.14. The van der Waals surface area contributed by atoms with E-state index in [-0.39, 0.29) is 34.4 Å². The number of carbonyl (C=O) groups excluding carboxylic acids is 2. The molecule has 2 atom stereocenters. The molecule has 1 saturated carbocycles. The highest BCUT2D eigenvalue weighted by Gasteiger charge is 2.50. The van der Waals surface area contributed by atoms with Crippen LogP contribution in [0.4, 0.5) is 4.79 Å². The van der Waals surface area contributed by atoms with Crippen molar-refractivity contribution in [1.82, 2.24) is 14.7 Å². The zero-order valence-electron chi connectivity index (χ0n) is 25.4. The van der Waals surface area contributed by atoms with E-state index in [4.69, 9.17) is 16.3 Å². The number of likely N-dealkylation sites (tertiary alicyclic amines) is 2. The average Bonchev–Trinajstić information content (AvgIpc) is 3.20. The minimum Gasteiger partial charge on any atom is -0.447 e. The SMILES string of the molecule is CC(C)(C)N1CC[C@@H](C(=O)N2CCC(CN3C(=O)OCC3(C)C)(C3CCCCC3)CC2)[C@H](c2ccc(Cl)cc2)C1. The number of benzene rings is 1. The number of ether oxygens (including phenoxy) is 1. The molecule has 2 amide bonds. The molecule has 1 aromatic carbocycles. The Morgan fingerprint density at radius 2 is 1.65 bits per heavy atom. The number of amides is 2. The first-order chi connectivity index (χ1) is 18.9. The largest absolute Gasteiger partial charge is 0.447 e. The van der Waals surface area contributed by atoms with E-state index in [0.717, 1.165) is 57.0 Å². The molecule has 0 bridgehead atoms. The van der Waals surface area contributed by atoms with E-state index in [1.807, 2.05) is 17.0 Å². The lowest BCUT2D eigenvalue weighted by atomic mass is 9.63. The van der Waals surface area contributed by atoms with Gasteiger partial charge in [0.05, 0.1) is 5.54 Å². The van der Waals surface area contributed by atoms with Crippen molar-refractivity contribution in [2.24, 2.45) is 17.3 Å². The van der Waals surface area contributed by atoms with Crippen molar-refractivity contribution in [2.45, 2.75) is 103 Å². The molecular formula is C33H50ClN3O3. The molecule has 3 saturated heterocycles. The van der Waals surface area contributed by atoms with Gasteiger partial charge in [-0.15, -0.1) is 0 Å². The van der Waals surface area contributed by atoms with Gasteiger partial charge in [0.1, 0.15) is 6.61 Å². The fraction of sp³-hybridized carbons (Fsp3) is 0.758. The molecule has 3 aliphatic heterocycles. The van der Waals surface area contributed by atoms with Crippen molar-refractivity contribution in [1.29, 1.82) is 0 Å². The number of hydrogen-bond acceptors (Lipinski definition) is 4. The second-order valence-corrected chi connectivity index (χ2v) is 15.1. The highest BCUT2D eigenvalue weighted by molar-refractivity contribution is 6.30. The lowest BCUT2D eigenvalue weighted by molar-refractivity contribution is -0.142. The molecule has 1 aliphatic carbocycles. The van der Waals surface area contributed by atoms with Gasteiger partial charge in [-0.2, -0.15) is 0 Å². The summed E-state index contributed by atoms with van der Waals surface area (Å²) in [5.74, 6) is 1.06. The Labute approximate surface area is 246 Å². The number of nitrogens with zero attached hydrogens (tertiary/aromatic N) is 3. The molecule has 0 unspecified atom stereocenters. The van der Waals surface area contributed by atoms with Gasteiger partial charge in [-0.1, -0.05) is 43.0 Å². The van der Waals surface area contributed by atoms with E-state index in [1.54, 1.807) is 0 Å². The Morgan fingerprint density at radius 3 is 2.23 bits per heavy atom. The van der Waals surface area contributed by atoms with E-state index in [2.05, 4.69) is 56.6 Å². The van der Waals surface area contributed by atoms with Crippen LogP contribution in [-0.2, 0) is 9.53 Å². The first-order valence-electron chi connectivity index (χ1n) is 15.6. The number of piperidine rings is 2. The number of halogens is 1. The highest BCUT2D eigenvalue weighted by Crippen LogP contribution is 2.48. The summed E-state index contributed by atoms with van der Waals surface area (Å²) < 4.78 is 5.50. The molecule has 0 N–H and O–H groups in total. The van der Waals surface area contributed by atoms with Crippen molar-refractivity contribution < 1.29 is 14.3 Å². The zero-order chi connectivity index (χ0) is 28.7. The van der Waals surface area contributed by atoms with Crippen LogP contribution in [0.15, 0.2) is 24.3 Å². The van der Waals surface area contributed by atoms with Crippen LogP contribution < -0.4 is 0 Å². The average molecular weight is 572 g/mol. The van der Waals surface area contributed by atoms with E-state index in [0.29, 0.717) is 18.4 Å². The van der Waals surface area contributed by atoms with Gasteiger partial charge in [-0.05, 0) is 102 Å². The third-order valence-corrected chi connectivity index (χ3v) is 10.9. The first kappa shape index (κ1) is 29.7. The van der Waals surface area contributed by atoms with Gasteiger partial charge in [-0.25, -0.2) is 4.79 Å². The van der Waals surface area contributed by atoms with Gasteiger partial charge >= 0.3 is 6.09 Å². The van der Waals surface area contributed by atoms with Crippen LogP contribution >= 0.6 is 11.6 Å². The van der Waals surface area contributed by atoms with Crippen LogP contribution in [0.1, 0.15) is 97.5 Å². The van der Waals surface area contributed by atoms with Crippen LogP contribution in [0.5, 0.6) is 0 Å². The lowest BCUT2D eigenvalue weighted by Crippen LogP contribution is -2.57. The molecule has 3 heterocycles. The summed E-state index contributed by atoms with van der Waals surface area (Å²) in [6.07, 6.45) is 8.98. The topological polar surface area (TPSA) is 53.1 Å². The lowest BCUT2D eigenvalue weighted by Gasteiger charge is -2.51. The maximum atomic E-state index is 14.2. The van der Waals surface area contributed by atoms with Crippen LogP contribution in [0, 0.1) is 17.3 Å². The number of carbonyl (C=O) groups is 2. The van der Waals surface area contributed by atoms with Crippen molar-refractivity contribution in [3.05, 3.63) is 34.9 Å². The molecule has 0 spiro atoms. The van der Waals surface area contributed by atoms with Crippen molar-refractivity contribution in [2.75, 3.05) is 39.3 Å². The van der Waals surface area contributed by atoms with Gasteiger partial charge < -0.3 is 9.64 Å². The molecule has 1 aromatic rings. The van der Waals surface area contributed by atoms with E-state index in [9.17, 15) is 9.59 Å². The summed E-state index contributed by atoms with van der Waals surface area (Å²) in [6.45, 7) is 15.6. The number of cyclic esters (lactones) is 1. The standard InChI is InChI=1S/C33H50ClN3O3/c1-31(2,3)36-18-15-27(28(21-36)24-11-13-26(34)14-12-24)29(38)35-19-16-33(17-20-35,25-9-7-6-8-10-25)22-37-30(39)40-23-32(37,4)5/h11-14,25,27-28H,6-10,15-23H2,1-5H3/t27-,28+/m1/s1. The van der Waals surface area contributed by atoms with Crippen molar-refractivity contribution in [3.8, 4) is 0 Å². The Balaban J connectivity index is 1.34. The summed E-state index contributed by atoms with van der Waals surface area (Å²) in [4.78, 5) is 33.7. The molecule has 5 rings (SSSR count). The molecule has 0 aromatic heterocycles. The summed E-state index contributed by atoms with van der Waals surface area (Å²) >= 11 is 6.23. The Hall–Kier alpha value is -1.79. The minimum atomic E-state index is -0.279. The number of hydrogen-bond donors (Lipinski definition) is 0. The van der Waals surface area contributed by atoms with Crippen molar-refractivity contribution >= 4 is 23.6 Å². The predicted molar refractivity (Wildman–Crippen MR) is 161 cm³/mol. The second kappa shape index (κ2) is 11.5. The van der Waals surface area contributed by atoms with Crippen LogP contribution in [0.3, 0.4) is 0 Å². The summed E-state index contributed by atoms with van der Waals surface area (Å²) in [7, 11) is 0. The molecule has 40 heavy (non-hydrogen) atoms. The van der Waals surface area contributed by atoms with Gasteiger partial charge in [0.25, 0.3) is 0 Å². The monoisotopic (exact) mass is 571 g/mol. The third-order valence-electron chi connectivity index (χ3n) is 10.7. The van der Waals surface area contributed by atoms with Gasteiger partial charge in [0.15, 0.2) is 0 Å². The fourth-order valence-electron chi connectivity index (χ4n) is 7.96. The first-order valence-corrected chi connectivity index (χ1v) is 16.0. The van der Waals surface area contributed by atoms with Crippen molar-refractivity contribution in [3.63, 3.8) is 0 Å². The van der Waals surface area contributed by atoms with E-state index < -0.39 is 0 Å². The van der Waals surface area contributed by atoms with Gasteiger partial charge in [-0.3, -0.25) is 14.6 Å². The molecule has 4 aliphatic rings. The Kier molecular flexibility index (Phi) is 8.52. The normalized spacial score (nSPS) is 28.0. The molecule has 4 fully saturated rings. The summed E-state index contributed by atoms with van der Waals surface area (Å²) in [5, 5.41) is 0.732. The fourth-order valence-corrected chi connectivity index (χ4v) is 8.08. The Bertz CT molecular complexity index is 1050. The molecule has 222 valence electrons. The molecule has 7 heteroatoms. The van der Waals surface area contributed by atoms with E-state index >= 15 is 0 Å². The van der Waals surface area contributed by atoms with Crippen LogP contribution in [-0.4, -0.2) is 77.1 Å². The molecule has 0 radical (unpaired) electrons. The maximum absolute atomic E-state index is 14.2. The quantitative estimate of drug-likeness (QED) is 0.383. The molecular weight excluding hydrogens is 522 g/mol. The highest BCUT2D eigenvalue weighted by atomic mass is 35.5. The third kappa shape index (κ3) is 6.04. The van der Waals surface area contributed by atoms with E-state index in [1.165, 1.54) is 37.7 Å². The molecule has 6 nitrogen and oxygen atoms in total. The van der Waals surface area contributed by atoms with Gasteiger partial charge in [0.2, 0.25) is 5.91 Å². The zero-order valence-corrected chi connectivity index (χ0v) is 26.1. The second-order valence-electron chi connectivity index (χ2n) is 14.6. The maximum Gasteiger partial charge on any atom is 0.410 e. The van der Waals surface area contributed by atoms with Crippen LogP contribution in [0.2, 0.25) is 5.02 Å².